The SMILES string of the molecule is CC/C(=C\C(=O)O)c1cc(C(F)(F)F)ccc1OC. The number of hydrogen-bond donors (Lipinski definition) is 1. The van der Waals surface area contributed by atoms with E-state index in [-0.39, 0.29) is 23.3 Å². The molecule has 1 rings (SSSR count). The summed E-state index contributed by atoms with van der Waals surface area (Å²) < 4.78 is 42.9. The molecular weight excluding hydrogens is 261 g/mol. The van der Waals surface area contributed by atoms with Gasteiger partial charge in [0.05, 0.1) is 12.7 Å². The van der Waals surface area contributed by atoms with Crippen LogP contribution in [0.15, 0.2) is 24.3 Å². The second kappa shape index (κ2) is 5.77. The van der Waals surface area contributed by atoms with Crippen molar-refractivity contribution < 1.29 is 27.8 Å². The first-order valence-electron chi connectivity index (χ1n) is 5.48. The van der Waals surface area contributed by atoms with Crippen LogP contribution in [0.25, 0.3) is 5.57 Å². The Balaban J connectivity index is 3.41. The predicted molar refractivity (Wildman–Crippen MR) is 63.9 cm³/mol. The number of ether oxygens (including phenoxy) is 1. The van der Waals surface area contributed by atoms with Gasteiger partial charge in [-0.1, -0.05) is 6.92 Å². The molecule has 1 aromatic carbocycles. The molecule has 0 aliphatic carbocycles. The number of halogens is 3. The van der Waals surface area contributed by atoms with Gasteiger partial charge in [0, 0.05) is 11.6 Å². The molecule has 0 radical (unpaired) electrons. The molecule has 0 atom stereocenters. The fourth-order valence-corrected chi connectivity index (χ4v) is 1.65. The number of rotatable bonds is 4. The lowest BCUT2D eigenvalue weighted by Crippen LogP contribution is -2.06. The summed E-state index contributed by atoms with van der Waals surface area (Å²) in [6.45, 7) is 1.66. The van der Waals surface area contributed by atoms with Crippen molar-refractivity contribution in [3.8, 4) is 5.75 Å². The van der Waals surface area contributed by atoms with Gasteiger partial charge in [0.25, 0.3) is 0 Å². The van der Waals surface area contributed by atoms with Gasteiger partial charge in [-0.15, -0.1) is 0 Å². The van der Waals surface area contributed by atoms with E-state index < -0.39 is 17.7 Å². The fourth-order valence-electron chi connectivity index (χ4n) is 1.65. The van der Waals surface area contributed by atoms with Crippen molar-refractivity contribution in [2.75, 3.05) is 7.11 Å². The Morgan fingerprint density at radius 3 is 2.47 bits per heavy atom. The van der Waals surface area contributed by atoms with Gasteiger partial charge in [-0.2, -0.15) is 13.2 Å². The Kier molecular flexibility index (Phi) is 4.58. The van der Waals surface area contributed by atoms with E-state index in [4.69, 9.17) is 9.84 Å². The number of hydrogen-bond acceptors (Lipinski definition) is 2. The van der Waals surface area contributed by atoms with Crippen molar-refractivity contribution >= 4 is 11.5 Å². The third-order valence-electron chi connectivity index (χ3n) is 2.55. The molecule has 0 saturated carbocycles. The van der Waals surface area contributed by atoms with E-state index in [2.05, 4.69) is 0 Å². The van der Waals surface area contributed by atoms with E-state index in [1.807, 2.05) is 0 Å². The molecule has 0 spiro atoms. The zero-order valence-corrected chi connectivity index (χ0v) is 10.4. The van der Waals surface area contributed by atoms with Crippen LogP contribution in [0.1, 0.15) is 24.5 Å². The highest BCUT2D eigenvalue weighted by molar-refractivity contribution is 5.91. The van der Waals surface area contributed by atoms with E-state index >= 15 is 0 Å². The van der Waals surface area contributed by atoms with Gasteiger partial charge >= 0.3 is 12.1 Å². The molecule has 19 heavy (non-hydrogen) atoms. The highest BCUT2D eigenvalue weighted by atomic mass is 19.4. The van der Waals surface area contributed by atoms with Crippen molar-refractivity contribution in [1.82, 2.24) is 0 Å². The standard InChI is InChI=1S/C13H13F3O3/c1-3-8(6-12(17)18)10-7-9(13(14,15)16)4-5-11(10)19-2/h4-7H,3H2,1-2H3,(H,17,18)/b8-6+. The smallest absolute Gasteiger partial charge is 0.416 e. The zero-order chi connectivity index (χ0) is 14.6. The van der Waals surface area contributed by atoms with Crippen LogP contribution in [-0.4, -0.2) is 18.2 Å². The Morgan fingerprint density at radius 2 is 2.05 bits per heavy atom. The lowest BCUT2D eigenvalue weighted by Gasteiger charge is -2.14. The van der Waals surface area contributed by atoms with E-state index in [0.29, 0.717) is 0 Å². The summed E-state index contributed by atoms with van der Waals surface area (Å²) in [5.74, 6) is -1.00. The molecule has 0 heterocycles. The third-order valence-corrected chi connectivity index (χ3v) is 2.55. The Morgan fingerprint density at radius 1 is 1.42 bits per heavy atom. The number of alkyl halides is 3. The monoisotopic (exact) mass is 274 g/mol. The third kappa shape index (κ3) is 3.74. The number of carbonyl (C=O) groups is 1. The zero-order valence-electron chi connectivity index (χ0n) is 10.4. The maximum atomic E-state index is 12.7. The summed E-state index contributed by atoms with van der Waals surface area (Å²) in [4.78, 5) is 10.7. The van der Waals surface area contributed by atoms with Gasteiger partial charge in [-0.25, -0.2) is 4.79 Å². The summed E-state index contributed by atoms with van der Waals surface area (Å²) >= 11 is 0. The largest absolute Gasteiger partial charge is 0.496 e. The van der Waals surface area contributed by atoms with Crippen LogP contribution in [0.2, 0.25) is 0 Å². The highest BCUT2D eigenvalue weighted by Gasteiger charge is 2.31. The molecular formula is C13H13F3O3. The van der Waals surface area contributed by atoms with E-state index in [1.54, 1.807) is 6.92 Å². The van der Waals surface area contributed by atoms with Crippen LogP contribution in [0.4, 0.5) is 13.2 Å². The van der Waals surface area contributed by atoms with E-state index in [0.717, 1.165) is 18.2 Å². The molecule has 3 nitrogen and oxygen atoms in total. The molecule has 0 amide bonds. The minimum Gasteiger partial charge on any atom is -0.496 e. The van der Waals surface area contributed by atoms with Crippen LogP contribution >= 0.6 is 0 Å². The van der Waals surface area contributed by atoms with Crippen molar-refractivity contribution in [2.45, 2.75) is 19.5 Å². The molecule has 0 saturated heterocycles. The minimum atomic E-state index is -4.48. The lowest BCUT2D eigenvalue weighted by molar-refractivity contribution is -0.137. The summed E-state index contributed by atoms with van der Waals surface area (Å²) in [6.07, 6.45) is -3.31. The summed E-state index contributed by atoms with van der Waals surface area (Å²) in [5.41, 5.74) is -0.425. The molecule has 0 aliphatic rings. The number of aliphatic carboxylic acids is 1. The Bertz CT molecular complexity index is 504. The fraction of sp³-hybridized carbons (Fsp3) is 0.308. The van der Waals surface area contributed by atoms with Crippen LogP contribution in [-0.2, 0) is 11.0 Å². The molecule has 6 heteroatoms. The van der Waals surface area contributed by atoms with Crippen LogP contribution in [0.3, 0.4) is 0 Å². The molecule has 0 aliphatic heterocycles. The van der Waals surface area contributed by atoms with E-state index in [1.165, 1.54) is 13.2 Å². The first kappa shape index (κ1) is 15.1. The van der Waals surface area contributed by atoms with E-state index in [9.17, 15) is 18.0 Å². The number of methoxy groups -OCH3 is 1. The molecule has 0 aromatic heterocycles. The first-order chi connectivity index (χ1) is 8.79. The van der Waals surface area contributed by atoms with Gasteiger partial charge in [-0.3, -0.25) is 0 Å². The molecule has 0 unspecified atom stereocenters. The van der Waals surface area contributed by atoms with Gasteiger partial charge < -0.3 is 9.84 Å². The number of carboxylic acids is 1. The quantitative estimate of drug-likeness (QED) is 0.853. The molecule has 104 valence electrons. The molecule has 1 aromatic rings. The number of benzene rings is 1. The van der Waals surface area contributed by atoms with Crippen molar-refractivity contribution in [1.29, 1.82) is 0 Å². The number of allylic oxidation sites excluding steroid dienone is 1. The normalized spacial score (nSPS) is 12.4. The maximum absolute atomic E-state index is 12.7. The van der Waals surface area contributed by atoms with Crippen LogP contribution in [0, 0.1) is 0 Å². The Labute approximate surface area is 108 Å². The summed E-state index contributed by atoms with van der Waals surface area (Å²) in [6, 6.07) is 2.98. The summed E-state index contributed by atoms with van der Waals surface area (Å²) in [7, 11) is 1.32. The molecule has 0 fully saturated rings. The molecule has 0 bridgehead atoms. The first-order valence-corrected chi connectivity index (χ1v) is 5.48. The van der Waals surface area contributed by atoms with Crippen LogP contribution in [0.5, 0.6) is 5.75 Å². The lowest BCUT2D eigenvalue weighted by atomic mass is 9.99. The second-order valence-electron chi connectivity index (χ2n) is 3.77. The number of carboxylic acid groups (broad SMARTS) is 1. The average molecular weight is 274 g/mol. The molecule has 1 N–H and O–H groups in total. The van der Waals surface area contributed by atoms with Gasteiger partial charge in [0.1, 0.15) is 5.75 Å². The summed E-state index contributed by atoms with van der Waals surface area (Å²) in [5, 5.41) is 8.73. The average Bonchev–Trinajstić information content (AvgIpc) is 2.33. The van der Waals surface area contributed by atoms with Crippen molar-refractivity contribution in [2.24, 2.45) is 0 Å². The maximum Gasteiger partial charge on any atom is 0.416 e. The van der Waals surface area contributed by atoms with Crippen LogP contribution < -0.4 is 4.74 Å². The highest BCUT2D eigenvalue weighted by Crippen LogP contribution is 2.35. The predicted octanol–water partition coefficient (Wildman–Crippen LogP) is 3.59. The van der Waals surface area contributed by atoms with Gasteiger partial charge in [0.2, 0.25) is 0 Å². The Hall–Kier alpha value is -1.98. The van der Waals surface area contributed by atoms with Gasteiger partial charge in [-0.05, 0) is 30.2 Å². The van der Waals surface area contributed by atoms with Gasteiger partial charge in [0.15, 0.2) is 0 Å². The topological polar surface area (TPSA) is 46.5 Å². The second-order valence-corrected chi connectivity index (χ2v) is 3.77. The van der Waals surface area contributed by atoms with Crippen molar-refractivity contribution in [3.63, 3.8) is 0 Å². The minimum absolute atomic E-state index is 0.141. The van der Waals surface area contributed by atoms with Crippen molar-refractivity contribution in [3.05, 3.63) is 35.4 Å².